The average molecular weight is 330 g/mol. The molecule has 0 aliphatic carbocycles. The number of carbonyl (C=O) groups is 2. The Morgan fingerprint density at radius 1 is 1.17 bits per heavy atom. The highest BCUT2D eigenvalue weighted by Gasteiger charge is 2.16. The van der Waals surface area contributed by atoms with Crippen molar-refractivity contribution in [2.24, 2.45) is 0 Å². The average Bonchev–Trinajstić information content (AvgIpc) is 2.57. The first-order valence-corrected chi connectivity index (χ1v) is 7.36. The van der Waals surface area contributed by atoms with Gasteiger partial charge < -0.3 is 15.0 Å². The molecular formula is C18H19FN2O3. The first kappa shape index (κ1) is 17.5. The number of aryl methyl sites for hydroxylation is 1. The number of carbonyl (C=O) groups excluding carboxylic acids is 2. The summed E-state index contributed by atoms with van der Waals surface area (Å²) in [6, 6.07) is 11.1. The number of hydrogen-bond acceptors (Lipinski definition) is 3. The van der Waals surface area contributed by atoms with Gasteiger partial charge in [0, 0.05) is 18.3 Å². The normalized spacial score (nSPS) is 10.2. The molecule has 0 aliphatic rings. The lowest BCUT2D eigenvalue weighted by atomic mass is 10.1. The largest absolute Gasteiger partial charge is 0.497 e. The van der Waals surface area contributed by atoms with Gasteiger partial charge in [0.05, 0.1) is 13.7 Å². The first-order chi connectivity index (χ1) is 11.4. The van der Waals surface area contributed by atoms with Crippen LogP contribution in [-0.2, 0) is 4.79 Å². The van der Waals surface area contributed by atoms with E-state index in [-0.39, 0.29) is 18.0 Å². The third-order valence-electron chi connectivity index (χ3n) is 3.52. The maximum atomic E-state index is 13.6. The summed E-state index contributed by atoms with van der Waals surface area (Å²) >= 11 is 0. The summed E-state index contributed by atoms with van der Waals surface area (Å²) in [6.45, 7) is 1.48. The van der Waals surface area contributed by atoms with Crippen LogP contribution in [0.25, 0.3) is 0 Å². The van der Waals surface area contributed by atoms with E-state index in [2.05, 4.69) is 5.32 Å². The Hall–Kier alpha value is -2.89. The molecule has 24 heavy (non-hydrogen) atoms. The van der Waals surface area contributed by atoms with Gasteiger partial charge in [0.15, 0.2) is 0 Å². The van der Waals surface area contributed by atoms with Gasteiger partial charge >= 0.3 is 0 Å². The third-order valence-corrected chi connectivity index (χ3v) is 3.52. The van der Waals surface area contributed by atoms with Gasteiger partial charge in [-0.1, -0.05) is 6.07 Å². The van der Waals surface area contributed by atoms with Crippen LogP contribution in [0.2, 0.25) is 0 Å². The monoisotopic (exact) mass is 330 g/mol. The minimum atomic E-state index is -0.447. The Kier molecular flexibility index (Phi) is 5.52. The number of amides is 2. The Balaban J connectivity index is 1.96. The smallest absolute Gasteiger partial charge is 0.254 e. The van der Waals surface area contributed by atoms with E-state index in [1.54, 1.807) is 44.4 Å². The van der Waals surface area contributed by atoms with Gasteiger partial charge in [0.25, 0.3) is 5.91 Å². The number of hydrogen-bond donors (Lipinski definition) is 1. The molecule has 2 aromatic carbocycles. The fraction of sp³-hybridized carbons (Fsp3) is 0.222. The number of nitrogens with zero attached hydrogens (tertiary/aromatic N) is 1. The first-order valence-electron chi connectivity index (χ1n) is 7.36. The minimum absolute atomic E-state index is 0.139. The summed E-state index contributed by atoms with van der Waals surface area (Å²) in [5.74, 6) is -0.527. The van der Waals surface area contributed by atoms with Crippen LogP contribution in [0, 0.1) is 12.7 Å². The van der Waals surface area contributed by atoms with Crippen molar-refractivity contribution in [2.75, 3.05) is 26.0 Å². The highest BCUT2D eigenvalue weighted by atomic mass is 19.1. The number of anilines is 1. The zero-order valence-electron chi connectivity index (χ0n) is 13.8. The summed E-state index contributed by atoms with van der Waals surface area (Å²) in [7, 11) is 3.05. The van der Waals surface area contributed by atoms with Crippen molar-refractivity contribution in [3.8, 4) is 5.75 Å². The lowest BCUT2D eigenvalue weighted by Crippen LogP contribution is -2.35. The molecule has 6 heteroatoms. The standard InChI is InChI=1S/C18H19FN2O3/c1-12-4-5-13(10-16(12)19)18(23)21(2)11-17(22)20-14-6-8-15(24-3)9-7-14/h4-10H,11H2,1-3H3,(H,20,22). The summed E-state index contributed by atoms with van der Waals surface area (Å²) < 4.78 is 18.6. The van der Waals surface area contributed by atoms with E-state index in [0.29, 0.717) is 17.0 Å². The van der Waals surface area contributed by atoms with E-state index < -0.39 is 11.7 Å². The molecule has 0 fully saturated rings. The molecule has 0 atom stereocenters. The fourth-order valence-electron chi connectivity index (χ4n) is 2.11. The van der Waals surface area contributed by atoms with Crippen molar-refractivity contribution in [2.45, 2.75) is 6.92 Å². The van der Waals surface area contributed by atoms with Crippen molar-refractivity contribution in [1.82, 2.24) is 4.90 Å². The molecule has 0 bridgehead atoms. The molecular weight excluding hydrogens is 311 g/mol. The molecule has 126 valence electrons. The zero-order chi connectivity index (χ0) is 17.7. The fourth-order valence-corrected chi connectivity index (χ4v) is 2.11. The highest BCUT2D eigenvalue weighted by Crippen LogP contribution is 2.15. The predicted molar refractivity (Wildman–Crippen MR) is 89.7 cm³/mol. The molecule has 0 saturated carbocycles. The van der Waals surface area contributed by atoms with E-state index in [9.17, 15) is 14.0 Å². The van der Waals surface area contributed by atoms with Gasteiger partial charge in [-0.2, -0.15) is 0 Å². The Morgan fingerprint density at radius 2 is 1.83 bits per heavy atom. The molecule has 5 nitrogen and oxygen atoms in total. The van der Waals surface area contributed by atoms with Crippen LogP contribution >= 0.6 is 0 Å². The van der Waals surface area contributed by atoms with E-state index in [1.165, 1.54) is 24.1 Å². The summed E-state index contributed by atoms with van der Waals surface area (Å²) in [4.78, 5) is 25.5. The highest BCUT2D eigenvalue weighted by molar-refractivity contribution is 5.99. The number of methoxy groups -OCH3 is 1. The van der Waals surface area contributed by atoms with E-state index in [4.69, 9.17) is 4.74 Å². The number of benzene rings is 2. The molecule has 1 N–H and O–H groups in total. The van der Waals surface area contributed by atoms with E-state index in [0.717, 1.165) is 0 Å². The molecule has 0 aromatic heterocycles. The second-order valence-corrected chi connectivity index (χ2v) is 5.40. The predicted octanol–water partition coefficient (Wildman–Crippen LogP) is 2.85. The van der Waals surface area contributed by atoms with E-state index >= 15 is 0 Å². The van der Waals surface area contributed by atoms with Crippen LogP contribution in [0.5, 0.6) is 5.75 Å². The van der Waals surface area contributed by atoms with Crippen LogP contribution < -0.4 is 10.1 Å². The number of nitrogens with one attached hydrogen (secondary N) is 1. The van der Waals surface area contributed by atoms with Gasteiger partial charge in [0.1, 0.15) is 11.6 Å². The van der Waals surface area contributed by atoms with Crippen LogP contribution in [-0.4, -0.2) is 37.4 Å². The minimum Gasteiger partial charge on any atom is -0.497 e. The zero-order valence-corrected chi connectivity index (χ0v) is 13.8. The molecule has 0 unspecified atom stereocenters. The summed E-state index contributed by atoms with van der Waals surface area (Å²) in [5.41, 5.74) is 1.27. The Bertz CT molecular complexity index is 744. The topological polar surface area (TPSA) is 58.6 Å². The van der Waals surface area contributed by atoms with Crippen LogP contribution in [0.15, 0.2) is 42.5 Å². The molecule has 0 saturated heterocycles. The van der Waals surface area contributed by atoms with Crippen molar-refractivity contribution < 1.29 is 18.7 Å². The van der Waals surface area contributed by atoms with Crippen LogP contribution in [0.4, 0.5) is 10.1 Å². The lowest BCUT2D eigenvalue weighted by molar-refractivity contribution is -0.116. The summed E-state index contributed by atoms with van der Waals surface area (Å²) in [5, 5.41) is 2.69. The van der Waals surface area contributed by atoms with Crippen molar-refractivity contribution in [3.05, 3.63) is 59.4 Å². The molecule has 0 aliphatic heterocycles. The van der Waals surface area contributed by atoms with Gasteiger partial charge in [-0.15, -0.1) is 0 Å². The van der Waals surface area contributed by atoms with Crippen LogP contribution in [0.1, 0.15) is 15.9 Å². The number of halogens is 1. The molecule has 0 heterocycles. The molecule has 0 radical (unpaired) electrons. The van der Waals surface area contributed by atoms with Crippen molar-refractivity contribution in [3.63, 3.8) is 0 Å². The molecule has 2 amide bonds. The number of likely N-dealkylation sites (N-methyl/N-ethyl adjacent to an activating group) is 1. The number of ether oxygens (including phenoxy) is 1. The quantitative estimate of drug-likeness (QED) is 0.917. The Morgan fingerprint density at radius 3 is 2.42 bits per heavy atom. The van der Waals surface area contributed by atoms with Gasteiger partial charge in [-0.3, -0.25) is 9.59 Å². The van der Waals surface area contributed by atoms with Gasteiger partial charge in [-0.25, -0.2) is 4.39 Å². The van der Waals surface area contributed by atoms with Crippen molar-refractivity contribution >= 4 is 17.5 Å². The maximum absolute atomic E-state index is 13.6. The molecule has 0 spiro atoms. The van der Waals surface area contributed by atoms with E-state index in [1.807, 2.05) is 0 Å². The van der Waals surface area contributed by atoms with Crippen molar-refractivity contribution in [1.29, 1.82) is 0 Å². The second-order valence-electron chi connectivity index (χ2n) is 5.40. The SMILES string of the molecule is COc1ccc(NC(=O)CN(C)C(=O)c2ccc(C)c(F)c2)cc1. The van der Waals surface area contributed by atoms with Gasteiger partial charge in [-0.05, 0) is 48.9 Å². The van der Waals surface area contributed by atoms with Crippen LogP contribution in [0.3, 0.4) is 0 Å². The molecule has 2 rings (SSSR count). The lowest BCUT2D eigenvalue weighted by Gasteiger charge is -2.17. The maximum Gasteiger partial charge on any atom is 0.254 e. The Labute approximate surface area is 140 Å². The third kappa shape index (κ3) is 4.32. The molecule has 2 aromatic rings. The number of rotatable bonds is 5. The van der Waals surface area contributed by atoms with Gasteiger partial charge in [0.2, 0.25) is 5.91 Å². The second kappa shape index (κ2) is 7.59. The summed E-state index contributed by atoms with van der Waals surface area (Å²) in [6.07, 6.45) is 0.